The Balaban J connectivity index is 2.26. The fraction of sp³-hybridized carbons (Fsp3) is 0.0714. The van der Waals surface area contributed by atoms with Gasteiger partial charge in [-0.05, 0) is 40.2 Å². The molecule has 0 amide bonds. The minimum atomic E-state index is -0.383. The normalized spacial score (nSPS) is 11.0. The molecule has 21 heavy (non-hydrogen) atoms. The SMILES string of the molecule is Cn1nc(-c2csc(Br)c2)c(-c2ccc(F)cc2Cl)c1N. The number of benzene rings is 1. The van der Waals surface area contributed by atoms with Gasteiger partial charge in [-0.25, -0.2) is 4.39 Å². The van der Waals surface area contributed by atoms with Crippen LogP contribution in [0.5, 0.6) is 0 Å². The third-order valence-corrected chi connectivity index (χ3v) is 4.95. The van der Waals surface area contributed by atoms with E-state index >= 15 is 0 Å². The summed E-state index contributed by atoms with van der Waals surface area (Å²) in [6.07, 6.45) is 0. The maximum atomic E-state index is 13.3. The van der Waals surface area contributed by atoms with Crippen LogP contribution in [0, 0.1) is 5.82 Å². The van der Waals surface area contributed by atoms with Crippen LogP contribution in [0.2, 0.25) is 5.02 Å². The third kappa shape index (κ3) is 2.59. The Kier molecular flexibility index (Phi) is 3.77. The monoisotopic (exact) mass is 385 g/mol. The number of halogens is 3. The molecular weight excluding hydrogens is 377 g/mol. The van der Waals surface area contributed by atoms with E-state index in [9.17, 15) is 4.39 Å². The number of nitrogens with zero attached hydrogens (tertiary/aromatic N) is 2. The molecule has 0 aliphatic heterocycles. The standard InChI is InChI=1S/C14H10BrClFN3S/c1-20-14(18)12(9-3-2-8(17)5-10(9)16)13(19-20)7-4-11(15)21-6-7/h2-6H,18H2,1H3. The number of aromatic nitrogens is 2. The summed E-state index contributed by atoms with van der Waals surface area (Å²) in [6.45, 7) is 0. The van der Waals surface area contributed by atoms with Crippen LogP contribution in [0.25, 0.3) is 22.4 Å². The van der Waals surface area contributed by atoms with Gasteiger partial charge in [0.25, 0.3) is 0 Å². The minimum Gasteiger partial charge on any atom is -0.383 e. The highest BCUT2D eigenvalue weighted by Gasteiger charge is 2.20. The molecule has 0 atom stereocenters. The Labute approximate surface area is 138 Å². The highest BCUT2D eigenvalue weighted by molar-refractivity contribution is 9.11. The maximum Gasteiger partial charge on any atom is 0.129 e. The average Bonchev–Trinajstić information content (AvgIpc) is 2.96. The topological polar surface area (TPSA) is 43.8 Å². The van der Waals surface area contributed by atoms with Gasteiger partial charge in [-0.3, -0.25) is 4.68 Å². The Hall–Kier alpha value is -1.37. The van der Waals surface area contributed by atoms with Crippen LogP contribution < -0.4 is 5.73 Å². The highest BCUT2D eigenvalue weighted by atomic mass is 79.9. The second kappa shape index (κ2) is 5.44. The Bertz CT molecular complexity index is 828. The molecule has 1 aromatic carbocycles. The molecule has 0 fully saturated rings. The second-order valence-electron chi connectivity index (χ2n) is 4.50. The van der Waals surface area contributed by atoms with E-state index in [-0.39, 0.29) is 5.82 Å². The van der Waals surface area contributed by atoms with Crippen molar-refractivity contribution < 1.29 is 4.39 Å². The molecule has 0 aliphatic rings. The lowest BCUT2D eigenvalue weighted by atomic mass is 10.0. The van der Waals surface area contributed by atoms with Gasteiger partial charge >= 0.3 is 0 Å². The Morgan fingerprint density at radius 2 is 2.14 bits per heavy atom. The Morgan fingerprint density at radius 1 is 1.38 bits per heavy atom. The van der Waals surface area contributed by atoms with Gasteiger partial charge in [0.05, 0.1) is 14.4 Å². The molecule has 0 saturated heterocycles. The lowest BCUT2D eigenvalue weighted by Crippen LogP contribution is -1.98. The van der Waals surface area contributed by atoms with Crippen molar-refractivity contribution in [1.29, 1.82) is 0 Å². The van der Waals surface area contributed by atoms with E-state index in [4.69, 9.17) is 17.3 Å². The predicted octanol–water partition coefficient (Wildman–Crippen LogP) is 4.95. The van der Waals surface area contributed by atoms with Crippen molar-refractivity contribution in [3.8, 4) is 22.4 Å². The largest absolute Gasteiger partial charge is 0.383 e. The van der Waals surface area contributed by atoms with E-state index in [1.54, 1.807) is 29.1 Å². The van der Waals surface area contributed by atoms with Gasteiger partial charge in [-0.15, -0.1) is 11.3 Å². The Morgan fingerprint density at radius 3 is 2.76 bits per heavy atom. The van der Waals surface area contributed by atoms with Crippen LogP contribution in [0.1, 0.15) is 0 Å². The zero-order chi connectivity index (χ0) is 15.1. The minimum absolute atomic E-state index is 0.310. The molecule has 7 heteroatoms. The molecule has 0 bridgehead atoms. The first kappa shape index (κ1) is 14.6. The number of aryl methyl sites for hydroxylation is 1. The molecule has 2 N–H and O–H groups in total. The van der Waals surface area contributed by atoms with Crippen LogP contribution in [0.15, 0.2) is 33.4 Å². The summed E-state index contributed by atoms with van der Waals surface area (Å²) in [5, 5.41) is 6.75. The molecule has 108 valence electrons. The molecule has 3 nitrogen and oxygen atoms in total. The van der Waals surface area contributed by atoms with Crippen molar-refractivity contribution in [3.63, 3.8) is 0 Å². The van der Waals surface area contributed by atoms with E-state index in [0.717, 1.165) is 15.0 Å². The number of hydrogen-bond acceptors (Lipinski definition) is 3. The van der Waals surface area contributed by atoms with E-state index < -0.39 is 0 Å². The summed E-state index contributed by atoms with van der Waals surface area (Å²) < 4.78 is 15.8. The quantitative estimate of drug-likeness (QED) is 0.677. The zero-order valence-electron chi connectivity index (χ0n) is 10.9. The van der Waals surface area contributed by atoms with Crippen molar-refractivity contribution in [2.24, 2.45) is 7.05 Å². The third-order valence-electron chi connectivity index (χ3n) is 3.13. The first-order chi connectivity index (χ1) is 9.97. The summed E-state index contributed by atoms with van der Waals surface area (Å²) in [5.41, 5.74) is 9.18. The van der Waals surface area contributed by atoms with Crippen LogP contribution in [0.3, 0.4) is 0 Å². The molecule has 2 aromatic heterocycles. The molecule has 0 unspecified atom stereocenters. The molecule has 0 saturated carbocycles. The molecule has 3 rings (SSSR count). The summed E-state index contributed by atoms with van der Waals surface area (Å²) >= 11 is 11.2. The van der Waals surface area contributed by atoms with Gasteiger partial charge in [0.15, 0.2) is 0 Å². The molecule has 2 heterocycles. The zero-order valence-corrected chi connectivity index (χ0v) is 14.1. The van der Waals surface area contributed by atoms with Crippen molar-refractivity contribution >= 4 is 44.7 Å². The number of nitrogen functional groups attached to an aromatic ring is 1. The van der Waals surface area contributed by atoms with E-state index in [0.29, 0.717) is 22.0 Å². The predicted molar refractivity (Wildman–Crippen MR) is 89.0 cm³/mol. The van der Waals surface area contributed by atoms with Crippen molar-refractivity contribution in [2.75, 3.05) is 5.73 Å². The van der Waals surface area contributed by atoms with Gasteiger partial charge in [0, 0.05) is 23.6 Å². The molecule has 3 aromatic rings. The van der Waals surface area contributed by atoms with Gasteiger partial charge < -0.3 is 5.73 Å². The van der Waals surface area contributed by atoms with Crippen LogP contribution in [0.4, 0.5) is 10.2 Å². The first-order valence-electron chi connectivity index (χ1n) is 5.99. The molecular formula is C14H10BrClFN3S. The number of thiophene rings is 1. The van der Waals surface area contributed by atoms with Gasteiger partial charge in [0.1, 0.15) is 17.3 Å². The molecule has 0 radical (unpaired) electrons. The average molecular weight is 387 g/mol. The number of anilines is 1. The van der Waals surface area contributed by atoms with Crippen LogP contribution >= 0.6 is 38.9 Å². The van der Waals surface area contributed by atoms with Gasteiger partial charge in [0.2, 0.25) is 0 Å². The van der Waals surface area contributed by atoms with Gasteiger partial charge in [-0.2, -0.15) is 5.10 Å². The van der Waals surface area contributed by atoms with Crippen molar-refractivity contribution in [2.45, 2.75) is 0 Å². The number of hydrogen-bond donors (Lipinski definition) is 1. The van der Waals surface area contributed by atoms with Crippen LogP contribution in [-0.2, 0) is 7.05 Å². The lowest BCUT2D eigenvalue weighted by Gasteiger charge is -2.06. The summed E-state index contributed by atoms with van der Waals surface area (Å²) in [4.78, 5) is 0. The van der Waals surface area contributed by atoms with Crippen molar-refractivity contribution in [3.05, 3.63) is 44.3 Å². The fourth-order valence-corrected chi connectivity index (χ4v) is 3.53. The first-order valence-corrected chi connectivity index (χ1v) is 8.04. The lowest BCUT2D eigenvalue weighted by molar-refractivity contribution is 0.628. The van der Waals surface area contributed by atoms with E-state index in [1.807, 2.05) is 11.4 Å². The summed E-state index contributed by atoms with van der Waals surface area (Å²) in [7, 11) is 1.77. The van der Waals surface area contributed by atoms with Crippen LogP contribution in [-0.4, -0.2) is 9.78 Å². The van der Waals surface area contributed by atoms with Gasteiger partial charge in [-0.1, -0.05) is 11.6 Å². The summed E-state index contributed by atoms with van der Waals surface area (Å²) in [5.74, 6) is 0.104. The molecule has 0 aliphatic carbocycles. The van der Waals surface area contributed by atoms with Crippen molar-refractivity contribution in [1.82, 2.24) is 9.78 Å². The molecule has 0 spiro atoms. The summed E-state index contributed by atoms with van der Waals surface area (Å²) in [6, 6.07) is 6.22. The second-order valence-corrected chi connectivity index (χ2v) is 7.19. The number of rotatable bonds is 2. The fourth-order valence-electron chi connectivity index (χ4n) is 2.13. The number of nitrogens with two attached hydrogens (primary N) is 1. The highest BCUT2D eigenvalue weighted by Crippen LogP contribution is 2.41. The van der Waals surface area contributed by atoms with E-state index in [2.05, 4.69) is 21.0 Å². The maximum absolute atomic E-state index is 13.3. The van der Waals surface area contributed by atoms with E-state index in [1.165, 1.54) is 12.1 Å². The smallest absolute Gasteiger partial charge is 0.129 e.